The van der Waals surface area contributed by atoms with Gasteiger partial charge in [0.25, 0.3) is 0 Å². The molecule has 0 bridgehead atoms. The zero-order valence-corrected chi connectivity index (χ0v) is 20.2. The summed E-state index contributed by atoms with van der Waals surface area (Å²) in [4.78, 5) is 15.6. The Morgan fingerprint density at radius 3 is 2.54 bits per heavy atom. The van der Waals surface area contributed by atoms with E-state index in [1.165, 1.54) is 12.1 Å². The Bertz CT molecular complexity index is 1060. The quantitative estimate of drug-likeness (QED) is 0.107. The summed E-state index contributed by atoms with van der Waals surface area (Å²) in [6.45, 7) is -0.968. The number of carboxylic acids is 1. The number of carbonyl (C=O) groups is 1. The highest BCUT2D eigenvalue weighted by molar-refractivity contribution is 6.36. The first-order chi connectivity index (χ1) is 16.7. The number of aromatic hydroxyl groups is 1. The molecule has 188 valence electrons. The number of rotatable bonds is 12. The monoisotopic (exact) mass is 525 g/mol. The number of hydrogen-bond donors (Lipinski definition) is 6. The number of nitrogens with one attached hydrogen (secondary N) is 3. The summed E-state index contributed by atoms with van der Waals surface area (Å²) in [6, 6.07) is 8.67. The van der Waals surface area contributed by atoms with Gasteiger partial charge in [-0.2, -0.15) is 5.26 Å². The Labute approximate surface area is 212 Å². The Hall–Kier alpha value is -3.10. The topological polar surface area (TPSA) is 150 Å². The van der Waals surface area contributed by atoms with Crippen molar-refractivity contribution in [1.82, 2.24) is 16.0 Å². The number of aliphatic carboxylic acids is 1. The molecular weight excluding hydrogens is 500 g/mol. The zero-order valence-electron chi connectivity index (χ0n) is 18.6. The lowest BCUT2D eigenvalue weighted by Gasteiger charge is -2.16. The number of aliphatic imine (C=N–C) groups is 1. The third-order valence-electron chi connectivity index (χ3n) is 4.98. The molecule has 2 rings (SSSR count). The lowest BCUT2D eigenvalue weighted by atomic mass is 10.0. The number of carboxylic acid groups (broad SMARTS) is 1. The van der Waals surface area contributed by atoms with Crippen molar-refractivity contribution < 1.29 is 24.5 Å². The minimum absolute atomic E-state index is 0.0356. The van der Waals surface area contributed by atoms with E-state index in [2.05, 4.69) is 20.9 Å². The van der Waals surface area contributed by atoms with Crippen LogP contribution in [0.25, 0.3) is 0 Å². The number of phenols is 1. The van der Waals surface area contributed by atoms with Crippen LogP contribution in [-0.2, 0) is 17.8 Å². The number of guanidine groups is 1. The highest BCUT2D eigenvalue weighted by Crippen LogP contribution is 2.29. The van der Waals surface area contributed by atoms with Crippen LogP contribution in [0.15, 0.2) is 41.4 Å². The molecule has 2 aromatic carbocycles. The maximum Gasteiger partial charge on any atom is 0.322 e. The van der Waals surface area contributed by atoms with E-state index in [-0.39, 0.29) is 31.3 Å². The molecule has 2 aromatic rings. The summed E-state index contributed by atoms with van der Waals surface area (Å²) in [5, 5.41) is 46.4. The number of nitrogens with zero attached hydrogens (tertiary/aromatic N) is 2. The van der Waals surface area contributed by atoms with E-state index in [1.54, 1.807) is 30.5 Å². The van der Waals surface area contributed by atoms with Crippen molar-refractivity contribution in [3.05, 3.63) is 63.1 Å². The van der Waals surface area contributed by atoms with Gasteiger partial charge in [-0.25, -0.2) is 4.39 Å². The Morgan fingerprint density at radius 2 is 1.94 bits per heavy atom. The van der Waals surface area contributed by atoms with Crippen LogP contribution in [0, 0.1) is 11.5 Å². The van der Waals surface area contributed by atoms with Gasteiger partial charge in [0.05, 0.1) is 12.6 Å². The van der Waals surface area contributed by atoms with E-state index in [9.17, 15) is 24.5 Å². The summed E-state index contributed by atoms with van der Waals surface area (Å²) in [5.74, 6) is -1.14. The fourth-order valence-corrected chi connectivity index (χ4v) is 3.83. The number of hydrogen-bond acceptors (Lipinski definition) is 6. The van der Waals surface area contributed by atoms with Crippen LogP contribution in [0.1, 0.15) is 29.2 Å². The molecule has 9 nitrogen and oxygen atoms in total. The van der Waals surface area contributed by atoms with Crippen LogP contribution in [-0.4, -0.2) is 53.1 Å². The van der Waals surface area contributed by atoms with Crippen LogP contribution in [0.3, 0.4) is 0 Å². The van der Waals surface area contributed by atoms with Gasteiger partial charge in [0.2, 0.25) is 5.96 Å². The highest BCUT2D eigenvalue weighted by atomic mass is 35.5. The second kappa shape index (κ2) is 14.3. The first-order valence-electron chi connectivity index (χ1n) is 10.6. The molecule has 2 atom stereocenters. The van der Waals surface area contributed by atoms with E-state index in [0.29, 0.717) is 34.0 Å². The Balaban J connectivity index is 2.01. The minimum Gasteiger partial charge on any atom is -0.508 e. The molecule has 0 radical (unpaired) electrons. The van der Waals surface area contributed by atoms with Gasteiger partial charge in [-0.3, -0.25) is 20.4 Å². The SMILES string of the molecule is N#CNC(=NC[C@H](NCc1c(Cl)cc(CCC(O)c2cccc(O)c2)cc1Cl)C(=O)O)NCCF. The first kappa shape index (κ1) is 28.1. The molecule has 12 heteroatoms. The van der Waals surface area contributed by atoms with Crippen molar-refractivity contribution in [1.29, 1.82) is 5.26 Å². The molecule has 0 aliphatic carbocycles. The molecule has 1 unspecified atom stereocenters. The standard InChI is InChI=1S/C23H26Cl2FN5O4/c24-18-8-14(4-5-21(33)15-2-1-3-16(32)10-15)9-19(25)17(18)11-29-20(22(34)35)12-30-23(31-13-27)28-7-6-26/h1-3,8-10,20-21,29,32-33H,4-7,11-12H2,(H,34,35)(H2,28,30,31)/t20-,21?/m0/s1. The van der Waals surface area contributed by atoms with Gasteiger partial charge in [0.15, 0.2) is 6.19 Å². The van der Waals surface area contributed by atoms with Crippen molar-refractivity contribution in [2.75, 3.05) is 19.8 Å². The van der Waals surface area contributed by atoms with Gasteiger partial charge in [-0.1, -0.05) is 35.3 Å². The van der Waals surface area contributed by atoms with Crippen LogP contribution < -0.4 is 16.0 Å². The predicted octanol–water partition coefficient (Wildman–Crippen LogP) is 2.89. The van der Waals surface area contributed by atoms with Crippen LogP contribution in [0.4, 0.5) is 4.39 Å². The molecule has 0 fully saturated rings. The smallest absolute Gasteiger partial charge is 0.322 e. The van der Waals surface area contributed by atoms with Gasteiger partial charge in [0.1, 0.15) is 18.5 Å². The Morgan fingerprint density at radius 1 is 1.23 bits per heavy atom. The molecule has 0 amide bonds. The van der Waals surface area contributed by atoms with E-state index in [4.69, 9.17) is 28.5 Å². The van der Waals surface area contributed by atoms with Crippen molar-refractivity contribution in [3.8, 4) is 11.9 Å². The molecule has 0 aromatic heterocycles. The molecular formula is C23H26Cl2FN5O4. The molecule has 0 aliphatic heterocycles. The van der Waals surface area contributed by atoms with Crippen molar-refractivity contribution in [3.63, 3.8) is 0 Å². The number of halogens is 3. The Kier molecular flexibility index (Phi) is 11.5. The number of aryl methyl sites for hydroxylation is 1. The molecule has 0 saturated carbocycles. The summed E-state index contributed by atoms with van der Waals surface area (Å²) < 4.78 is 12.3. The van der Waals surface area contributed by atoms with Crippen molar-refractivity contribution >= 4 is 35.1 Å². The van der Waals surface area contributed by atoms with E-state index in [0.717, 1.165) is 5.56 Å². The maximum atomic E-state index is 12.3. The molecule has 0 saturated heterocycles. The number of aliphatic hydroxyl groups is 1. The third kappa shape index (κ3) is 9.22. The molecule has 6 N–H and O–H groups in total. The fourth-order valence-electron chi connectivity index (χ4n) is 3.17. The lowest BCUT2D eigenvalue weighted by Crippen LogP contribution is -2.41. The van der Waals surface area contributed by atoms with Crippen LogP contribution >= 0.6 is 23.2 Å². The lowest BCUT2D eigenvalue weighted by molar-refractivity contribution is -0.139. The first-order valence-corrected chi connectivity index (χ1v) is 11.4. The number of aliphatic hydroxyl groups excluding tert-OH is 1. The predicted molar refractivity (Wildman–Crippen MR) is 131 cm³/mol. The number of alkyl halides is 1. The molecule has 0 heterocycles. The largest absolute Gasteiger partial charge is 0.508 e. The number of nitriles is 1. The summed E-state index contributed by atoms with van der Waals surface area (Å²) in [6.07, 6.45) is 1.71. The van der Waals surface area contributed by atoms with E-state index < -0.39 is 24.8 Å². The normalized spacial score (nSPS) is 13.1. The number of phenolic OH excluding ortho intramolecular Hbond substituents is 1. The zero-order chi connectivity index (χ0) is 25.8. The summed E-state index contributed by atoms with van der Waals surface area (Å²) >= 11 is 12.8. The van der Waals surface area contributed by atoms with Crippen molar-refractivity contribution in [2.24, 2.45) is 4.99 Å². The summed E-state index contributed by atoms with van der Waals surface area (Å²) in [5.41, 5.74) is 1.87. The van der Waals surface area contributed by atoms with Crippen LogP contribution in [0.5, 0.6) is 5.75 Å². The average Bonchev–Trinajstić information content (AvgIpc) is 2.81. The third-order valence-corrected chi connectivity index (χ3v) is 5.65. The average molecular weight is 526 g/mol. The van der Waals surface area contributed by atoms with Gasteiger partial charge in [-0.05, 0) is 48.2 Å². The van der Waals surface area contributed by atoms with Gasteiger partial charge < -0.3 is 20.6 Å². The van der Waals surface area contributed by atoms with Crippen LogP contribution in [0.2, 0.25) is 10.0 Å². The second-order valence-corrected chi connectivity index (χ2v) is 8.32. The van der Waals surface area contributed by atoms with Gasteiger partial charge in [0, 0.05) is 28.7 Å². The van der Waals surface area contributed by atoms with Gasteiger partial charge >= 0.3 is 5.97 Å². The maximum absolute atomic E-state index is 12.3. The van der Waals surface area contributed by atoms with E-state index in [1.807, 2.05) is 0 Å². The number of benzene rings is 2. The fraction of sp³-hybridized carbons (Fsp3) is 0.348. The minimum atomic E-state index is -1.18. The molecule has 0 spiro atoms. The molecule has 35 heavy (non-hydrogen) atoms. The summed E-state index contributed by atoms with van der Waals surface area (Å²) in [7, 11) is 0. The molecule has 0 aliphatic rings. The van der Waals surface area contributed by atoms with Crippen molar-refractivity contribution in [2.45, 2.75) is 31.5 Å². The van der Waals surface area contributed by atoms with Gasteiger partial charge in [-0.15, -0.1) is 0 Å². The van der Waals surface area contributed by atoms with E-state index >= 15 is 0 Å². The second-order valence-electron chi connectivity index (χ2n) is 7.50. The highest BCUT2D eigenvalue weighted by Gasteiger charge is 2.19.